The minimum atomic E-state index is -0.247. The maximum absolute atomic E-state index is 12.1. The van der Waals surface area contributed by atoms with Crippen molar-refractivity contribution < 1.29 is 19.0 Å². The molecule has 2 aromatic carbocycles. The molecule has 126 valence electrons. The van der Waals surface area contributed by atoms with E-state index in [9.17, 15) is 4.79 Å². The zero-order chi connectivity index (χ0) is 17.1. The molecule has 1 aromatic heterocycles. The van der Waals surface area contributed by atoms with E-state index in [4.69, 9.17) is 14.2 Å². The lowest BCUT2D eigenvalue weighted by Gasteiger charge is -2.19. The van der Waals surface area contributed by atoms with Crippen molar-refractivity contribution in [2.75, 3.05) is 25.1 Å². The molecule has 0 atom stereocenters. The molecule has 0 spiro atoms. The van der Waals surface area contributed by atoms with E-state index in [0.717, 1.165) is 10.9 Å². The molecule has 0 fully saturated rings. The Hall–Kier alpha value is -3.28. The molecule has 1 aliphatic rings. The van der Waals surface area contributed by atoms with Gasteiger partial charge in [0.2, 0.25) is 0 Å². The fraction of sp³-hybridized carbons (Fsp3) is 0.158. The average molecular weight is 336 g/mol. The smallest absolute Gasteiger partial charge is 0.262 e. The summed E-state index contributed by atoms with van der Waals surface area (Å²) in [6.07, 6.45) is 1.74. The summed E-state index contributed by atoms with van der Waals surface area (Å²) in [7, 11) is 0. The molecule has 4 rings (SSSR count). The minimum Gasteiger partial charge on any atom is -0.486 e. The first-order chi connectivity index (χ1) is 12.3. The fourth-order valence-corrected chi connectivity index (χ4v) is 2.61. The van der Waals surface area contributed by atoms with Crippen LogP contribution in [0.15, 0.2) is 54.7 Å². The number of nitrogens with zero attached hydrogens (tertiary/aromatic N) is 1. The van der Waals surface area contributed by atoms with Gasteiger partial charge in [0.25, 0.3) is 5.91 Å². The Kier molecular flexibility index (Phi) is 4.08. The number of nitrogens with one attached hydrogen (secondary N) is 1. The third-order valence-electron chi connectivity index (χ3n) is 3.77. The van der Waals surface area contributed by atoms with Gasteiger partial charge >= 0.3 is 0 Å². The largest absolute Gasteiger partial charge is 0.486 e. The third kappa shape index (κ3) is 3.47. The first-order valence-corrected chi connectivity index (χ1v) is 7.95. The highest BCUT2D eigenvalue weighted by molar-refractivity contribution is 5.92. The van der Waals surface area contributed by atoms with E-state index in [1.807, 2.05) is 24.3 Å². The van der Waals surface area contributed by atoms with E-state index in [1.165, 1.54) is 0 Å². The predicted octanol–water partition coefficient (Wildman–Crippen LogP) is 3.02. The molecule has 0 radical (unpaired) electrons. The zero-order valence-corrected chi connectivity index (χ0v) is 13.4. The van der Waals surface area contributed by atoms with Gasteiger partial charge in [-0.3, -0.25) is 9.78 Å². The molecular weight excluding hydrogens is 320 g/mol. The Morgan fingerprint density at radius 3 is 2.88 bits per heavy atom. The van der Waals surface area contributed by atoms with Crippen LogP contribution in [0.3, 0.4) is 0 Å². The lowest BCUT2D eigenvalue weighted by atomic mass is 10.2. The van der Waals surface area contributed by atoms with Crippen molar-refractivity contribution in [3.63, 3.8) is 0 Å². The van der Waals surface area contributed by atoms with E-state index in [2.05, 4.69) is 10.3 Å². The number of anilines is 1. The van der Waals surface area contributed by atoms with Gasteiger partial charge in [-0.05, 0) is 36.4 Å². The second-order valence-electron chi connectivity index (χ2n) is 5.55. The minimum absolute atomic E-state index is 0.0831. The highest BCUT2D eigenvalue weighted by Gasteiger charge is 2.13. The standard InChI is InChI=1S/C19H16N2O4/c22-19(21-14-3-6-17-18(11-14)24-9-8-23-17)12-25-15-4-5-16-13(10-15)2-1-7-20-16/h1-7,10-11H,8-9,12H2,(H,21,22). The Bertz CT molecular complexity index is 926. The molecule has 3 aromatic rings. The maximum atomic E-state index is 12.1. The van der Waals surface area contributed by atoms with Crippen molar-refractivity contribution in [1.29, 1.82) is 0 Å². The average Bonchev–Trinajstić information content (AvgIpc) is 2.66. The SMILES string of the molecule is O=C(COc1ccc2ncccc2c1)Nc1ccc2c(c1)OCCO2. The fourth-order valence-electron chi connectivity index (χ4n) is 2.61. The Labute approximate surface area is 144 Å². The Morgan fingerprint density at radius 1 is 1.08 bits per heavy atom. The van der Waals surface area contributed by atoms with Gasteiger partial charge in [0.05, 0.1) is 5.52 Å². The molecule has 2 heterocycles. The van der Waals surface area contributed by atoms with Crippen molar-refractivity contribution in [3.8, 4) is 17.2 Å². The van der Waals surface area contributed by atoms with Gasteiger partial charge in [0.15, 0.2) is 18.1 Å². The summed E-state index contributed by atoms with van der Waals surface area (Å²) in [5, 5.41) is 3.75. The number of carbonyl (C=O) groups is 1. The first kappa shape index (κ1) is 15.3. The van der Waals surface area contributed by atoms with Gasteiger partial charge in [-0.1, -0.05) is 6.07 Å². The summed E-state index contributed by atoms with van der Waals surface area (Å²) in [5.41, 5.74) is 1.52. The number of pyridine rings is 1. The maximum Gasteiger partial charge on any atom is 0.262 e. The van der Waals surface area contributed by atoms with E-state index in [0.29, 0.717) is 36.1 Å². The molecular formula is C19H16N2O4. The molecule has 1 N–H and O–H groups in total. The summed E-state index contributed by atoms with van der Waals surface area (Å²) in [6, 6.07) is 14.6. The summed E-state index contributed by atoms with van der Waals surface area (Å²) in [5.74, 6) is 1.69. The summed E-state index contributed by atoms with van der Waals surface area (Å²) in [4.78, 5) is 16.3. The van der Waals surface area contributed by atoms with Gasteiger partial charge in [-0.2, -0.15) is 0 Å². The molecule has 6 heteroatoms. The molecule has 0 aliphatic carbocycles. The summed E-state index contributed by atoms with van der Waals surface area (Å²) < 4.78 is 16.5. The number of hydrogen-bond acceptors (Lipinski definition) is 5. The van der Waals surface area contributed by atoms with E-state index >= 15 is 0 Å². The second kappa shape index (κ2) is 6.68. The van der Waals surface area contributed by atoms with Crippen LogP contribution in [0.4, 0.5) is 5.69 Å². The van der Waals surface area contributed by atoms with Gasteiger partial charge in [0.1, 0.15) is 19.0 Å². The molecule has 6 nitrogen and oxygen atoms in total. The van der Waals surface area contributed by atoms with Crippen LogP contribution in [0, 0.1) is 0 Å². The van der Waals surface area contributed by atoms with E-state index < -0.39 is 0 Å². The number of benzene rings is 2. The van der Waals surface area contributed by atoms with Gasteiger partial charge in [-0.25, -0.2) is 0 Å². The van der Waals surface area contributed by atoms with Crippen molar-refractivity contribution in [2.24, 2.45) is 0 Å². The Morgan fingerprint density at radius 2 is 1.96 bits per heavy atom. The number of ether oxygens (including phenoxy) is 3. The van der Waals surface area contributed by atoms with Crippen LogP contribution in [0.2, 0.25) is 0 Å². The number of carbonyl (C=O) groups excluding carboxylic acids is 1. The molecule has 0 saturated heterocycles. The molecule has 0 unspecified atom stereocenters. The zero-order valence-electron chi connectivity index (χ0n) is 13.4. The third-order valence-corrected chi connectivity index (χ3v) is 3.77. The molecule has 25 heavy (non-hydrogen) atoms. The van der Waals surface area contributed by atoms with Gasteiger partial charge < -0.3 is 19.5 Å². The van der Waals surface area contributed by atoms with Crippen molar-refractivity contribution >= 4 is 22.5 Å². The first-order valence-electron chi connectivity index (χ1n) is 7.95. The Balaban J connectivity index is 1.38. The lowest BCUT2D eigenvalue weighted by Crippen LogP contribution is -2.20. The van der Waals surface area contributed by atoms with Crippen LogP contribution in [-0.2, 0) is 4.79 Å². The van der Waals surface area contributed by atoms with Gasteiger partial charge in [-0.15, -0.1) is 0 Å². The van der Waals surface area contributed by atoms with Crippen molar-refractivity contribution in [3.05, 3.63) is 54.7 Å². The number of amides is 1. The second-order valence-corrected chi connectivity index (χ2v) is 5.55. The van der Waals surface area contributed by atoms with Crippen LogP contribution >= 0.6 is 0 Å². The van der Waals surface area contributed by atoms with Crippen LogP contribution in [0.5, 0.6) is 17.2 Å². The number of fused-ring (bicyclic) bond motifs is 2. The highest BCUT2D eigenvalue weighted by atomic mass is 16.6. The molecule has 1 amide bonds. The molecule has 0 bridgehead atoms. The lowest BCUT2D eigenvalue weighted by molar-refractivity contribution is -0.118. The summed E-state index contributed by atoms with van der Waals surface area (Å²) in [6.45, 7) is 0.957. The number of rotatable bonds is 4. The topological polar surface area (TPSA) is 69.7 Å². The normalized spacial score (nSPS) is 12.6. The summed E-state index contributed by atoms with van der Waals surface area (Å²) >= 11 is 0. The van der Waals surface area contributed by atoms with Crippen LogP contribution in [-0.4, -0.2) is 30.7 Å². The quantitative estimate of drug-likeness (QED) is 0.793. The van der Waals surface area contributed by atoms with Crippen molar-refractivity contribution in [1.82, 2.24) is 4.98 Å². The van der Waals surface area contributed by atoms with Crippen LogP contribution < -0.4 is 19.5 Å². The highest BCUT2D eigenvalue weighted by Crippen LogP contribution is 2.32. The predicted molar refractivity (Wildman–Crippen MR) is 93.3 cm³/mol. The van der Waals surface area contributed by atoms with Crippen molar-refractivity contribution in [2.45, 2.75) is 0 Å². The van der Waals surface area contributed by atoms with Crippen LogP contribution in [0.1, 0.15) is 0 Å². The molecule has 0 saturated carbocycles. The number of hydrogen-bond donors (Lipinski definition) is 1. The van der Waals surface area contributed by atoms with E-state index in [-0.39, 0.29) is 12.5 Å². The number of aromatic nitrogens is 1. The van der Waals surface area contributed by atoms with E-state index in [1.54, 1.807) is 30.5 Å². The van der Waals surface area contributed by atoms with Gasteiger partial charge in [0, 0.05) is 23.3 Å². The van der Waals surface area contributed by atoms with Crippen LogP contribution in [0.25, 0.3) is 10.9 Å². The molecule has 1 aliphatic heterocycles. The monoisotopic (exact) mass is 336 g/mol.